The van der Waals surface area contributed by atoms with Crippen molar-refractivity contribution in [1.29, 1.82) is 0 Å². The first-order valence-electron chi connectivity index (χ1n) is 7.76. The molecule has 22 heavy (non-hydrogen) atoms. The Kier molecular flexibility index (Phi) is 6.27. The predicted octanol–water partition coefficient (Wildman–Crippen LogP) is 2.50. The highest BCUT2D eigenvalue weighted by atomic mass is 16.4. The van der Waals surface area contributed by atoms with Gasteiger partial charge in [0.05, 0.1) is 0 Å². The first-order chi connectivity index (χ1) is 10.7. The molecule has 0 unspecified atom stereocenters. The Morgan fingerprint density at radius 2 is 1.36 bits per heavy atom. The minimum atomic E-state index is -1.43. The van der Waals surface area contributed by atoms with Gasteiger partial charge >= 0.3 is 7.12 Å². The van der Waals surface area contributed by atoms with Crippen molar-refractivity contribution in [2.45, 2.75) is 32.6 Å². The van der Waals surface area contributed by atoms with Gasteiger partial charge in [-0.3, -0.25) is 0 Å². The van der Waals surface area contributed by atoms with Gasteiger partial charge in [0.25, 0.3) is 0 Å². The number of aryl methyl sites for hydroxylation is 1. The predicted molar refractivity (Wildman–Crippen MR) is 91.9 cm³/mol. The summed E-state index contributed by atoms with van der Waals surface area (Å²) in [5, 5.41) is 18.1. The normalized spacial score (nSPS) is 9.95. The van der Waals surface area contributed by atoms with E-state index in [1.807, 2.05) is 0 Å². The Morgan fingerprint density at radius 1 is 0.818 bits per heavy atom. The third kappa shape index (κ3) is 5.07. The lowest BCUT2D eigenvalue weighted by Gasteiger charge is -2.00. The fourth-order valence-corrected chi connectivity index (χ4v) is 2.22. The van der Waals surface area contributed by atoms with Crippen molar-refractivity contribution in [3.05, 3.63) is 65.2 Å². The fourth-order valence-electron chi connectivity index (χ4n) is 2.22. The molecule has 0 heterocycles. The number of hydrogen-bond donors (Lipinski definition) is 2. The smallest absolute Gasteiger partial charge is 0.423 e. The van der Waals surface area contributed by atoms with Crippen molar-refractivity contribution in [1.82, 2.24) is 0 Å². The molecule has 0 saturated heterocycles. The second kappa shape index (κ2) is 8.43. The van der Waals surface area contributed by atoms with Crippen LogP contribution in [0.5, 0.6) is 0 Å². The minimum Gasteiger partial charge on any atom is -0.423 e. The quantitative estimate of drug-likeness (QED) is 0.505. The van der Waals surface area contributed by atoms with Crippen LogP contribution in [0.3, 0.4) is 0 Å². The number of unbranched alkanes of at least 4 members (excludes halogenated alkanes) is 2. The van der Waals surface area contributed by atoms with Crippen molar-refractivity contribution in [3.63, 3.8) is 0 Å². The molecule has 0 amide bonds. The summed E-state index contributed by atoms with van der Waals surface area (Å²) in [6.45, 7) is 2.21. The van der Waals surface area contributed by atoms with Crippen LogP contribution in [0.15, 0.2) is 48.5 Å². The summed E-state index contributed by atoms with van der Waals surface area (Å²) in [4.78, 5) is 0. The molecule has 0 bridgehead atoms. The monoisotopic (exact) mass is 292 g/mol. The van der Waals surface area contributed by atoms with E-state index in [4.69, 9.17) is 10.0 Å². The highest BCUT2D eigenvalue weighted by Gasteiger charge is 2.08. The molecule has 0 atom stereocenters. The van der Waals surface area contributed by atoms with Crippen molar-refractivity contribution < 1.29 is 10.0 Å². The van der Waals surface area contributed by atoms with Gasteiger partial charge in [-0.1, -0.05) is 55.9 Å². The molecule has 0 radical (unpaired) electrons. The van der Waals surface area contributed by atoms with Gasteiger partial charge in [0.2, 0.25) is 0 Å². The Balaban J connectivity index is 1.99. The second-order valence-corrected chi connectivity index (χ2v) is 5.40. The summed E-state index contributed by atoms with van der Waals surface area (Å²) in [7, 11) is -1.43. The third-order valence-corrected chi connectivity index (χ3v) is 3.58. The molecule has 2 aromatic carbocycles. The van der Waals surface area contributed by atoms with Crippen LogP contribution in [0, 0.1) is 11.8 Å². The highest BCUT2D eigenvalue weighted by molar-refractivity contribution is 6.58. The van der Waals surface area contributed by atoms with E-state index in [1.54, 1.807) is 24.3 Å². The first-order valence-corrected chi connectivity index (χ1v) is 7.76. The molecule has 0 aliphatic rings. The van der Waals surface area contributed by atoms with Gasteiger partial charge in [-0.2, -0.15) is 0 Å². The summed E-state index contributed by atoms with van der Waals surface area (Å²) in [6, 6.07) is 15.3. The SMILES string of the molecule is CCCCCc1ccc(C#Cc2ccc(B(O)O)cc2)cc1. The van der Waals surface area contributed by atoms with Crippen LogP contribution in [0.2, 0.25) is 0 Å². The number of rotatable bonds is 5. The molecular formula is C19H21BO2. The molecule has 3 heteroatoms. The molecule has 2 nitrogen and oxygen atoms in total. The molecule has 0 aliphatic heterocycles. The van der Waals surface area contributed by atoms with E-state index in [0.717, 1.165) is 17.5 Å². The van der Waals surface area contributed by atoms with Crippen LogP contribution < -0.4 is 5.46 Å². The van der Waals surface area contributed by atoms with Crippen LogP contribution in [-0.4, -0.2) is 17.2 Å². The maximum atomic E-state index is 9.05. The lowest BCUT2D eigenvalue weighted by molar-refractivity contribution is 0.426. The molecule has 112 valence electrons. The Labute approximate surface area is 133 Å². The summed E-state index contributed by atoms with van der Waals surface area (Å²) < 4.78 is 0. The molecule has 2 N–H and O–H groups in total. The van der Waals surface area contributed by atoms with Crippen molar-refractivity contribution >= 4 is 12.6 Å². The number of benzene rings is 2. The topological polar surface area (TPSA) is 40.5 Å². The third-order valence-electron chi connectivity index (χ3n) is 3.58. The van der Waals surface area contributed by atoms with Crippen LogP contribution in [-0.2, 0) is 6.42 Å². The average molecular weight is 292 g/mol. The first kappa shape index (κ1) is 16.4. The van der Waals surface area contributed by atoms with E-state index < -0.39 is 7.12 Å². The van der Waals surface area contributed by atoms with Gasteiger partial charge in [0.15, 0.2) is 0 Å². The molecule has 0 fully saturated rings. The Bertz CT molecular complexity index is 634. The summed E-state index contributed by atoms with van der Waals surface area (Å²) in [5.74, 6) is 6.21. The maximum Gasteiger partial charge on any atom is 0.488 e. The highest BCUT2D eigenvalue weighted by Crippen LogP contribution is 2.08. The standard InChI is InChI=1S/C19H21BO2/c1-2-3-4-5-16-6-8-17(9-7-16)10-11-18-12-14-19(15-13-18)20(21)22/h6-9,12-15,21-22H,2-5H2,1H3. The molecular weight excluding hydrogens is 271 g/mol. The maximum absolute atomic E-state index is 9.05. The minimum absolute atomic E-state index is 0.474. The molecule has 0 saturated carbocycles. The van der Waals surface area contributed by atoms with E-state index in [9.17, 15) is 0 Å². The Hall–Kier alpha value is -2.02. The van der Waals surface area contributed by atoms with E-state index in [0.29, 0.717) is 5.46 Å². The zero-order chi connectivity index (χ0) is 15.8. The van der Waals surface area contributed by atoms with Gasteiger partial charge in [0.1, 0.15) is 0 Å². The van der Waals surface area contributed by atoms with Gasteiger partial charge in [0, 0.05) is 11.1 Å². The molecule has 0 aliphatic carbocycles. The number of hydrogen-bond acceptors (Lipinski definition) is 2. The largest absolute Gasteiger partial charge is 0.488 e. The van der Waals surface area contributed by atoms with Gasteiger partial charge in [-0.05, 0) is 48.1 Å². The van der Waals surface area contributed by atoms with E-state index in [1.165, 1.54) is 24.8 Å². The van der Waals surface area contributed by atoms with E-state index in [-0.39, 0.29) is 0 Å². The lowest BCUT2D eigenvalue weighted by Crippen LogP contribution is -2.29. The zero-order valence-corrected chi connectivity index (χ0v) is 12.9. The van der Waals surface area contributed by atoms with E-state index in [2.05, 4.69) is 43.0 Å². The lowest BCUT2D eigenvalue weighted by atomic mass is 9.80. The van der Waals surface area contributed by atoms with Gasteiger partial charge < -0.3 is 10.0 Å². The second-order valence-electron chi connectivity index (χ2n) is 5.40. The summed E-state index contributed by atoms with van der Waals surface area (Å²) in [6.07, 6.45) is 4.90. The Morgan fingerprint density at radius 3 is 1.86 bits per heavy atom. The van der Waals surface area contributed by atoms with Crippen LogP contribution in [0.1, 0.15) is 42.9 Å². The van der Waals surface area contributed by atoms with Crippen LogP contribution in [0.4, 0.5) is 0 Å². The summed E-state index contributed by atoms with van der Waals surface area (Å²) in [5.41, 5.74) is 3.68. The zero-order valence-electron chi connectivity index (χ0n) is 12.9. The van der Waals surface area contributed by atoms with Crippen molar-refractivity contribution in [2.75, 3.05) is 0 Å². The molecule has 0 aromatic heterocycles. The molecule has 0 spiro atoms. The van der Waals surface area contributed by atoms with E-state index >= 15 is 0 Å². The van der Waals surface area contributed by atoms with Crippen LogP contribution >= 0.6 is 0 Å². The van der Waals surface area contributed by atoms with Gasteiger partial charge in [-0.15, -0.1) is 0 Å². The average Bonchev–Trinajstić information content (AvgIpc) is 2.55. The van der Waals surface area contributed by atoms with Crippen molar-refractivity contribution in [2.24, 2.45) is 0 Å². The summed E-state index contributed by atoms with van der Waals surface area (Å²) >= 11 is 0. The molecule has 2 rings (SSSR count). The molecule has 2 aromatic rings. The fraction of sp³-hybridized carbons (Fsp3) is 0.263. The van der Waals surface area contributed by atoms with Crippen LogP contribution in [0.25, 0.3) is 0 Å². The van der Waals surface area contributed by atoms with Gasteiger partial charge in [-0.25, -0.2) is 0 Å². The van der Waals surface area contributed by atoms with Crippen molar-refractivity contribution in [3.8, 4) is 11.8 Å².